The molecule has 0 aromatic carbocycles. The van der Waals surface area contributed by atoms with Crippen molar-refractivity contribution in [3.63, 3.8) is 0 Å². The van der Waals surface area contributed by atoms with Gasteiger partial charge < -0.3 is 10.2 Å². The molecule has 2 saturated carbocycles. The van der Waals surface area contributed by atoms with Crippen molar-refractivity contribution in [3.05, 3.63) is 0 Å². The minimum absolute atomic E-state index is 0.0721. The third-order valence-electron chi connectivity index (χ3n) is 7.09. The molecule has 0 aromatic heterocycles. The molecule has 27 heavy (non-hydrogen) atoms. The molecule has 1 spiro atoms. The Labute approximate surface area is 163 Å². The first-order chi connectivity index (χ1) is 12.8. The maximum Gasteiger partial charge on any atom is 0.325 e. The van der Waals surface area contributed by atoms with Gasteiger partial charge in [0.05, 0.1) is 0 Å². The minimum atomic E-state index is -0.830. The predicted octanol–water partition coefficient (Wildman–Crippen LogP) is 3.30. The maximum absolute atomic E-state index is 13.3. The van der Waals surface area contributed by atoms with E-state index in [1.54, 1.807) is 0 Å². The highest BCUT2D eigenvalue weighted by Gasteiger charge is 2.58. The van der Waals surface area contributed by atoms with Gasteiger partial charge in [0.15, 0.2) is 0 Å². The summed E-state index contributed by atoms with van der Waals surface area (Å²) >= 11 is 0. The van der Waals surface area contributed by atoms with Gasteiger partial charge in [-0.3, -0.25) is 14.5 Å². The second kappa shape index (κ2) is 7.80. The number of imide groups is 1. The van der Waals surface area contributed by atoms with Crippen LogP contribution in [0.15, 0.2) is 0 Å². The largest absolute Gasteiger partial charge is 0.336 e. The lowest BCUT2D eigenvalue weighted by Crippen LogP contribution is -2.59. The number of nitrogens with one attached hydrogen (secondary N) is 1. The third kappa shape index (κ3) is 3.47. The first-order valence-corrected chi connectivity index (χ1v) is 10.7. The average molecular weight is 378 g/mol. The minimum Gasteiger partial charge on any atom is -0.336 e. The summed E-state index contributed by atoms with van der Waals surface area (Å²) in [4.78, 5) is 42.2. The maximum atomic E-state index is 13.3. The number of amides is 4. The monoisotopic (exact) mass is 377 g/mol. The molecule has 3 aliphatic rings. The number of nitrogens with zero attached hydrogens (tertiary/aromatic N) is 2. The van der Waals surface area contributed by atoms with E-state index in [4.69, 9.17) is 0 Å². The molecule has 1 heterocycles. The Morgan fingerprint density at radius 2 is 1.67 bits per heavy atom. The molecule has 3 atom stereocenters. The van der Waals surface area contributed by atoms with Gasteiger partial charge in [0.25, 0.3) is 5.91 Å². The summed E-state index contributed by atoms with van der Waals surface area (Å²) in [6.07, 6.45) is 8.47. The highest BCUT2D eigenvalue weighted by molar-refractivity contribution is 6.09. The number of hydrogen-bond acceptors (Lipinski definition) is 3. The molecule has 1 aliphatic heterocycles. The van der Waals surface area contributed by atoms with Crippen molar-refractivity contribution in [1.82, 2.24) is 15.1 Å². The molecule has 3 fully saturated rings. The van der Waals surface area contributed by atoms with E-state index >= 15 is 0 Å². The SMILES string of the molecule is CC(C)N(C(=O)CN1C(=O)NC2(C1=O)[C@H](C)CCC[C@@H]2C)C1CCCCC1. The van der Waals surface area contributed by atoms with Gasteiger partial charge in [0.2, 0.25) is 5.91 Å². The van der Waals surface area contributed by atoms with E-state index in [0.717, 1.165) is 44.9 Å². The van der Waals surface area contributed by atoms with Crippen LogP contribution in [-0.2, 0) is 9.59 Å². The lowest BCUT2D eigenvalue weighted by atomic mass is 9.67. The van der Waals surface area contributed by atoms with E-state index in [9.17, 15) is 14.4 Å². The number of rotatable bonds is 4. The summed E-state index contributed by atoms with van der Waals surface area (Å²) in [6, 6.07) is -0.0994. The zero-order chi connectivity index (χ0) is 19.8. The molecule has 1 unspecified atom stereocenters. The van der Waals surface area contributed by atoms with E-state index < -0.39 is 11.6 Å². The zero-order valence-corrected chi connectivity index (χ0v) is 17.3. The standard InChI is InChI=1S/C21H35N3O3/c1-14(2)24(17-11-6-5-7-12-17)18(25)13-23-19(26)21(22-20(23)27)15(3)9-8-10-16(21)4/h14-17H,5-13H2,1-4H3,(H,22,27)/t15-,16+,21?. The molecule has 1 N–H and O–H groups in total. The number of hydrogen-bond donors (Lipinski definition) is 1. The van der Waals surface area contributed by atoms with Crippen LogP contribution in [0.3, 0.4) is 0 Å². The van der Waals surface area contributed by atoms with Crippen molar-refractivity contribution >= 4 is 17.8 Å². The van der Waals surface area contributed by atoms with Gasteiger partial charge >= 0.3 is 6.03 Å². The first-order valence-electron chi connectivity index (χ1n) is 10.7. The Morgan fingerprint density at radius 1 is 1.07 bits per heavy atom. The van der Waals surface area contributed by atoms with Crippen molar-refractivity contribution in [2.75, 3.05) is 6.54 Å². The van der Waals surface area contributed by atoms with Crippen molar-refractivity contribution in [2.45, 2.75) is 96.7 Å². The van der Waals surface area contributed by atoms with E-state index in [-0.39, 0.29) is 42.3 Å². The van der Waals surface area contributed by atoms with Crippen molar-refractivity contribution in [2.24, 2.45) is 11.8 Å². The Morgan fingerprint density at radius 3 is 2.22 bits per heavy atom. The van der Waals surface area contributed by atoms with Gasteiger partial charge in [0.1, 0.15) is 12.1 Å². The van der Waals surface area contributed by atoms with Crippen LogP contribution < -0.4 is 5.32 Å². The molecular formula is C21H35N3O3. The molecule has 0 aromatic rings. The van der Waals surface area contributed by atoms with Crippen LogP contribution in [0.25, 0.3) is 0 Å². The van der Waals surface area contributed by atoms with Crippen LogP contribution in [0.1, 0.15) is 79.1 Å². The Bertz CT molecular complexity index is 587. The highest BCUT2D eigenvalue weighted by Crippen LogP contribution is 2.42. The van der Waals surface area contributed by atoms with Crippen LogP contribution in [0.2, 0.25) is 0 Å². The molecule has 3 rings (SSSR count). The fraction of sp³-hybridized carbons (Fsp3) is 0.857. The van der Waals surface area contributed by atoms with Crippen LogP contribution in [0.4, 0.5) is 4.79 Å². The van der Waals surface area contributed by atoms with E-state index in [2.05, 4.69) is 5.32 Å². The summed E-state index contributed by atoms with van der Waals surface area (Å²) in [6.45, 7) is 7.99. The van der Waals surface area contributed by atoms with E-state index in [1.165, 1.54) is 11.3 Å². The van der Waals surface area contributed by atoms with Gasteiger partial charge in [-0.2, -0.15) is 0 Å². The quantitative estimate of drug-likeness (QED) is 0.764. The van der Waals surface area contributed by atoms with Gasteiger partial charge in [-0.15, -0.1) is 0 Å². The number of carbonyl (C=O) groups excluding carboxylic acids is 3. The smallest absolute Gasteiger partial charge is 0.325 e. The third-order valence-corrected chi connectivity index (χ3v) is 7.09. The van der Waals surface area contributed by atoms with Crippen LogP contribution >= 0.6 is 0 Å². The van der Waals surface area contributed by atoms with Crippen LogP contribution in [-0.4, -0.2) is 51.8 Å². The highest BCUT2D eigenvalue weighted by atomic mass is 16.2. The molecular weight excluding hydrogens is 342 g/mol. The Hall–Kier alpha value is -1.59. The van der Waals surface area contributed by atoms with Gasteiger partial charge in [-0.1, -0.05) is 39.5 Å². The molecule has 152 valence electrons. The van der Waals surface area contributed by atoms with Crippen LogP contribution in [0, 0.1) is 11.8 Å². The van der Waals surface area contributed by atoms with E-state index in [1.807, 2.05) is 32.6 Å². The zero-order valence-electron chi connectivity index (χ0n) is 17.3. The normalized spacial score (nSPS) is 32.3. The number of urea groups is 1. The summed E-state index contributed by atoms with van der Waals surface area (Å²) in [5.41, 5.74) is -0.830. The Kier molecular flexibility index (Phi) is 5.82. The molecule has 4 amide bonds. The second-order valence-corrected chi connectivity index (χ2v) is 9.11. The lowest BCUT2D eigenvalue weighted by Gasteiger charge is -2.42. The fourth-order valence-corrected chi connectivity index (χ4v) is 5.59. The lowest BCUT2D eigenvalue weighted by molar-refractivity contribution is -0.144. The molecule has 0 radical (unpaired) electrons. The van der Waals surface area contributed by atoms with Gasteiger partial charge in [0, 0.05) is 12.1 Å². The summed E-state index contributed by atoms with van der Waals surface area (Å²) in [7, 11) is 0. The van der Waals surface area contributed by atoms with Crippen molar-refractivity contribution in [3.8, 4) is 0 Å². The molecule has 6 nitrogen and oxygen atoms in total. The molecule has 1 saturated heterocycles. The van der Waals surface area contributed by atoms with Crippen molar-refractivity contribution < 1.29 is 14.4 Å². The van der Waals surface area contributed by atoms with Gasteiger partial charge in [-0.25, -0.2) is 4.79 Å². The molecule has 2 aliphatic carbocycles. The van der Waals surface area contributed by atoms with Gasteiger partial charge in [-0.05, 0) is 51.4 Å². The van der Waals surface area contributed by atoms with E-state index in [0.29, 0.717) is 0 Å². The topological polar surface area (TPSA) is 69.7 Å². The summed E-state index contributed by atoms with van der Waals surface area (Å²) in [5, 5.41) is 2.99. The second-order valence-electron chi connectivity index (χ2n) is 9.11. The van der Waals surface area contributed by atoms with Crippen molar-refractivity contribution in [1.29, 1.82) is 0 Å². The summed E-state index contributed by atoms with van der Waals surface area (Å²) in [5.74, 6) is -0.115. The fourth-order valence-electron chi connectivity index (χ4n) is 5.59. The van der Waals surface area contributed by atoms with Crippen LogP contribution in [0.5, 0.6) is 0 Å². The first kappa shape index (κ1) is 20.2. The number of carbonyl (C=O) groups is 3. The average Bonchev–Trinajstić information content (AvgIpc) is 2.86. The predicted molar refractivity (Wildman–Crippen MR) is 104 cm³/mol. The summed E-state index contributed by atoms with van der Waals surface area (Å²) < 4.78 is 0. The molecule has 6 heteroatoms. The molecule has 0 bridgehead atoms. The Balaban J connectivity index is 1.77.